The van der Waals surface area contributed by atoms with Gasteiger partial charge in [0.2, 0.25) is 20.0 Å². The number of nitrogens with one attached hydrogen (secondary N) is 2. The molecule has 2 aromatic carbocycles. The second-order valence-electron chi connectivity index (χ2n) is 6.08. The van der Waals surface area contributed by atoms with Gasteiger partial charge in [0.05, 0.1) is 9.79 Å². The van der Waals surface area contributed by atoms with E-state index in [2.05, 4.69) is 0 Å². The van der Waals surface area contributed by atoms with Gasteiger partial charge in [0, 0.05) is 0 Å². The Balaban J connectivity index is 1.82. The zero-order chi connectivity index (χ0) is 23.8. The summed E-state index contributed by atoms with van der Waals surface area (Å²) in [5, 5.41) is 17.1. The second kappa shape index (κ2) is 10.9. The standard InChI is InChI=1S/C18H20N2O10S2/c21-17(22)11-19-31(25,26)15-5-1-13(2-6-15)29-9-10-30-14-3-7-16(8-4-14)32(27,28)20-12-18(23)24/h1-8,19-20H,9-12H2,(H,21,22)(H,23,24). The van der Waals surface area contributed by atoms with Crippen LogP contribution >= 0.6 is 0 Å². The number of carboxylic acid groups (broad SMARTS) is 2. The fourth-order valence-corrected chi connectivity index (χ4v) is 4.18. The number of carbonyl (C=O) groups is 2. The van der Waals surface area contributed by atoms with Crippen molar-refractivity contribution < 1.29 is 46.1 Å². The van der Waals surface area contributed by atoms with Gasteiger partial charge in [-0.25, -0.2) is 16.8 Å². The third kappa shape index (κ3) is 7.81. The van der Waals surface area contributed by atoms with E-state index in [-0.39, 0.29) is 23.0 Å². The maximum atomic E-state index is 11.9. The Morgan fingerprint density at radius 1 is 0.656 bits per heavy atom. The average Bonchev–Trinajstić information content (AvgIpc) is 2.75. The zero-order valence-corrected chi connectivity index (χ0v) is 18.1. The number of benzene rings is 2. The molecular weight excluding hydrogens is 468 g/mol. The second-order valence-corrected chi connectivity index (χ2v) is 9.61. The summed E-state index contributed by atoms with van der Waals surface area (Å²) in [7, 11) is -7.89. The van der Waals surface area contributed by atoms with Crippen molar-refractivity contribution in [2.24, 2.45) is 0 Å². The molecule has 2 rings (SSSR count). The fourth-order valence-electron chi connectivity index (χ4n) is 2.23. The van der Waals surface area contributed by atoms with Gasteiger partial charge in [-0.15, -0.1) is 0 Å². The molecule has 2 aromatic rings. The third-order valence-corrected chi connectivity index (χ3v) is 6.55. The highest BCUT2D eigenvalue weighted by molar-refractivity contribution is 7.89. The van der Waals surface area contributed by atoms with Crippen molar-refractivity contribution in [3.8, 4) is 11.5 Å². The molecule has 0 saturated heterocycles. The fraction of sp³-hybridized carbons (Fsp3) is 0.222. The molecule has 0 unspecified atom stereocenters. The average molecular weight is 488 g/mol. The van der Waals surface area contributed by atoms with Gasteiger partial charge in [-0.1, -0.05) is 0 Å². The van der Waals surface area contributed by atoms with Gasteiger partial charge in [-0.2, -0.15) is 9.44 Å². The lowest BCUT2D eigenvalue weighted by Crippen LogP contribution is -2.29. The van der Waals surface area contributed by atoms with Crippen LogP contribution in [0.3, 0.4) is 0 Å². The summed E-state index contributed by atoms with van der Waals surface area (Å²) in [4.78, 5) is 20.7. The van der Waals surface area contributed by atoms with E-state index in [1.165, 1.54) is 48.5 Å². The van der Waals surface area contributed by atoms with Crippen LogP contribution in [0.1, 0.15) is 0 Å². The molecule has 0 radical (unpaired) electrons. The van der Waals surface area contributed by atoms with Crippen molar-refractivity contribution in [2.45, 2.75) is 9.79 Å². The van der Waals surface area contributed by atoms with Crippen molar-refractivity contribution in [3.63, 3.8) is 0 Å². The van der Waals surface area contributed by atoms with Gasteiger partial charge in [-0.05, 0) is 48.5 Å². The first-order valence-electron chi connectivity index (χ1n) is 8.88. The maximum Gasteiger partial charge on any atom is 0.318 e. The molecule has 32 heavy (non-hydrogen) atoms. The number of rotatable bonds is 13. The Kier molecular flexibility index (Phi) is 8.54. The molecule has 0 aromatic heterocycles. The molecule has 0 aliphatic rings. The molecule has 0 atom stereocenters. The van der Waals surface area contributed by atoms with Gasteiger partial charge in [0.25, 0.3) is 0 Å². The molecule has 0 amide bonds. The van der Waals surface area contributed by atoms with E-state index in [0.29, 0.717) is 11.5 Å². The van der Waals surface area contributed by atoms with Gasteiger partial charge < -0.3 is 19.7 Å². The molecule has 0 bridgehead atoms. The van der Waals surface area contributed by atoms with Crippen LogP contribution in [0.2, 0.25) is 0 Å². The van der Waals surface area contributed by atoms with Crippen molar-refractivity contribution in [3.05, 3.63) is 48.5 Å². The Labute approximate surface area is 183 Å². The van der Waals surface area contributed by atoms with Crippen molar-refractivity contribution in [2.75, 3.05) is 26.3 Å². The Morgan fingerprint density at radius 2 is 0.969 bits per heavy atom. The third-order valence-electron chi connectivity index (χ3n) is 3.72. The quantitative estimate of drug-likeness (QED) is 0.277. The van der Waals surface area contributed by atoms with Crippen molar-refractivity contribution in [1.29, 1.82) is 0 Å². The van der Waals surface area contributed by atoms with Crippen LogP contribution in [0.4, 0.5) is 0 Å². The monoisotopic (exact) mass is 488 g/mol. The van der Waals surface area contributed by atoms with Crippen LogP contribution in [-0.4, -0.2) is 65.3 Å². The number of sulfonamides is 2. The van der Waals surface area contributed by atoms with Gasteiger partial charge in [0.1, 0.15) is 37.8 Å². The predicted octanol–water partition coefficient (Wildman–Crippen LogP) is -0.130. The van der Waals surface area contributed by atoms with Crippen LogP contribution in [0.15, 0.2) is 58.3 Å². The minimum atomic E-state index is -3.94. The molecule has 174 valence electrons. The molecule has 0 aliphatic carbocycles. The number of carboxylic acids is 2. The van der Waals surface area contributed by atoms with Crippen LogP contribution in [0.5, 0.6) is 11.5 Å². The molecule has 0 heterocycles. The van der Waals surface area contributed by atoms with E-state index < -0.39 is 45.1 Å². The number of hydrogen-bond donors (Lipinski definition) is 4. The van der Waals surface area contributed by atoms with Crippen LogP contribution in [-0.2, 0) is 29.6 Å². The van der Waals surface area contributed by atoms with E-state index in [1.54, 1.807) is 0 Å². The largest absolute Gasteiger partial charge is 0.490 e. The molecule has 0 spiro atoms. The summed E-state index contributed by atoms with van der Waals surface area (Å²) in [5.74, 6) is -1.90. The number of hydrogen-bond acceptors (Lipinski definition) is 8. The summed E-state index contributed by atoms with van der Waals surface area (Å²) < 4.78 is 62.4. The van der Waals surface area contributed by atoms with Crippen LogP contribution < -0.4 is 18.9 Å². The highest BCUT2D eigenvalue weighted by atomic mass is 32.2. The van der Waals surface area contributed by atoms with E-state index in [0.717, 1.165) is 0 Å². The maximum absolute atomic E-state index is 11.9. The molecule has 0 saturated carbocycles. The summed E-state index contributed by atoms with van der Waals surface area (Å²) in [6.45, 7) is -1.26. The van der Waals surface area contributed by atoms with E-state index in [4.69, 9.17) is 19.7 Å². The van der Waals surface area contributed by atoms with Crippen LogP contribution in [0.25, 0.3) is 0 Å². The van der Waals surface area contributed by atoms with E-state index in [9.17, 15) is 26.4 Å². The predicted molar refractivity (Wildman–Crippen MR) is 110 cm³/mol. The van der Waals surface area contributed by atoms with Crippen LogP contribution in [0, 0.1) is 0 Å². The lowest BCUT2D eigenvalue weighted by molar-refractivity contribution is -0.136. The molecule has 14 heteroatoms. The molecule has 0 fully saturated rings. The zero-order valence-electron chi connectivity index (χ0n) is 16.4. The highest BCUT2D eigenvalue weighted by Gasteiger charge is 2.16. The lowest BCUT2D eigenvalue weighted by Gasteiger charge is -2.10. The summed E-state index contributed by atoms with van der Waals surface area (Å²) in [6.07, 6.45) is 0. The first-order chi connectivity index (χ1) is 15.0. The number of ether oxygens (including phenoxy) is 2. The topological polar surface area (TPSA) is 185 Å². The molecule has 0 aliphatic heterocycles. The SMILES string of the molecule is O=C(O)CNS(=O)(=O)c1ccc(OCCOc2ccc(S(=O)(=O)NCC(=O)O)cc2)cc1. The highest BCUT2D eigenvalue weighted by Crippen LogP contribution is 2.17. The molecule has 4 N–H and O–H groups in total. The minimum absolute atomic E-state index is 0.101. The van der Waals surface area contributed by atoms with E-state index in [1.807, 2.05) is 9.44 Å². The van der Waals surface area contributed by atoms with Crippen molar-refractivity contribution >= 4 is 32.0 Å². The summed E-state index contributed by atoms with van der Waals surface area (Å²) in [5.41, 5.74) is 0. The Hall–Kier alpha value is -3.20. The first kappa shape index (κ1) is 25.1. The van der Waals surface area contributed by atoms with Gasteiger partial charge in [-0.3, -0.25) is 9.59 Å². The van der Waals surface area contributed by atoms with E-state index >= 15 is 0 Å². The molecular formula is C18H20N2O10S2. The normalized spacial score (nSPS) is 11.6. The molecule has 12 nitrogen and oxygen atoms in total. The summed E-state index contributed by atoms with van der Waals surface area (Å²) >= 11 is 0. The lowest BCUT2D eigenvalue weighted by atomic mass is 10.3. The van der Waals surface area contributed by atoms with Gasteiger partial charge >= 0.3 is 11.9 Å². The minimum Gasteiger partial charge on any atom is -0.490 e. The first-order valence-corrected chi connectivity index (χ1v) is 11.8. The summed E-state index contributed by atoms with van der Waals surface area (Å²) in [6, 6.07) is 10.7. The van der Waals surface area contributed by atoms with Gasteiger partial charge in [0.15, 0.2) is 0 Å². The smallest absolute Gasteiger partial charge is 0.318 e. The number of aliphatic carboxylic acids is 2. The van der Waals surface area contributed by atoms with Crippen molar-refractivity contribution in [1.82, 2.24) is 9.44 Å². The Bertz CT molecular complexity index is 1050. The Morgan fingerprint density at radius 3 is 1.25 bits per heavy atom.